The molecule has 0 fully saturated rings. The first kappa shape index (κ1) is 17.8. The first-order valence-corrected chi connectivity index (χ1v) is 8.39. The Bertz CT molecular complexity index is 707. The van der Waals surface area contributed by atoms with Gasteiger partial charge in [0.25, 0.3) is 5.69 Å². The molecule has 0 aliphatic carbocycles. The smallest absolute Gasteiger partial charge is 0.273 e. The van der Waals surface area contributed by atoms with Gasteiger partial charge < -0.3 is 10.1 Å². The SMILES string of the molecule is COc1cc([N+](=O)[O-])ccc1NC(=O)CCCSc1ccccc1. The lowest BCUT2D eigenvalue weighted by atomic mass is 10.2. The van der Waals surface area contributed by atoms with Crippen LogP contribution in [0.2, 0.25) is 0 Å². The summed E-state index contributed by atoms with van der Waals surface area (Å²) in [5, 5.41) is 13.5. The molecule has 0 radical (unpaired) electrons. The Morgan fingerprint density at radius 1 is 1.25 bits per heavy atom. The molecule has 0 aromatic heterocycles. The van der Waals surface area contributed by atoms with E-state index in [1.165, 1.54) is 30.2 Å². The Hall–Kier alpha value is -2.54. The van der Waals surface area contributed by atoms with Crippen LogP contribution in [0.1, 0.15) is 12.8 Å². The second kappa shape index (κ2) is 8.93. The van der Waals surface area contributed by atoms with Crippen LogP contribution in [0.15, 0.2) is 53.4 Å². The molecule has 0 spiro atoms. The highest BCUT2D eigenvalue weighted by Crippen LogP contribution is 2.29. The number of thioether (sulfide) groups is 1. The molecule has 24 heavy (non-hydrogen) atoms. The van der Waals surface area contributed by atoms with Gasteiger partial charge in [0.1, 0.15) is 5.75 Å². The number of amides is 1. The van der Waals surface area contributed by atoms with Crippen LogP contribution >= 0.6 is 11.8 Å². The summed E-state index contributed by atoms with van der Waals surface area (Å²) in [6.07, 6.45) is 1.11. The highest BCUT2D eigenvalue weighted by Gasteiger charge is 2.13. The monoisotopic (exact) mass is 346 g/mol. The maximum atomic E-state index is 12.0. The summed E-state index contributed by atoms with van der Waals surface area (Å²) < 4.78 is 5.10. The number of hydrogen-bond acceptors (Lipinski definition) is 5. The fourth-order valence-corrected chi connectivity index (χ4v) is 2.92. The minimum atomic E-state index is -0.505. The third kappa shape index (κ3) is 5.27. The number of hydrogen-bond donors (Lipinski definition) is 1. The Balaban J connectivity index is 1.82. The summed E-state index contributed by atoms with van der Waals surface area (Å²) in [6, 6.07) is 14.1. The Morgan fingerprint density at radius 2 is 2.00 bits per heavy atom. The second-order valence-electron chi connectivity index (χ2n) is 4.95. The van der Waals surface area contributed by atoms with Crippen molar-refractivity contribution in [3.8, 4) is 5.75 Å². The highest BCUT2D eigenvalue weighted by atomic mass is 32.2. The van der Waals surface area contributed by atoms with Gasteiger partial charge >= 0.3 is 0 Å². The van der Waals surface area contributed by atoms with Crippen molar-refractivity contribution in [1.29, 1.82) is 0 Å². The lowest BCUT2D eigenvalue weighted by Crippen LogP contribution is -2.12. The summed E-state index contributed by atoms with van der Waals surface area (Å²) >= 11 is 1.70. The molecule has 0 saturated heterocycles. The quantitative estimate of drug-likeness (QED) is 0.337. The van der Waals surface area contributed by atoms with Gasteiger partial charge in [-0.1, -0.05) is 18.2 Å². The normalized spacial score (nSPS) is 10.2. The van der Waals surface area contributed by atoms with Gasteiger partial charge in [-0.3, -0.25) is 14.9 Å². The molecular weight excluding hydrogens is 328 g/mol. The van der Waals surface area contributed by atoms with Gasteiger partial charge in [0.2, 0.25) is 5.91 Å². The van der Waals surface area contributed by atoms with Gasteiger partial charge in [-0.2, -0.15) is 0 Å². The fraction of sp³-hybridized carbons (Fsp3) is 0.235. The third-order valence-corrected chi connectivity index (χ3v) is 4.33. The Kier molecular flexibility index (Phi) is 6.62. The molecule has 1 amide bonds. The standard InChI is InChI=1S/C17H18N2O4S/c1-23-16-12-13(19(21)22)9-10-15(16)18-17(20)8-5-11-24-14-6-3-2-4-7-14/h2-4,6-7,9-10,12H,5,8,11H2,1H3,(H,18,20). The van der Waals surface area contributed by atoms with E-state index in [2.05, 4.69) is 5.32 Å². The van der Waals surface area contributed by atoms with Crippen LogP contribution < -0.4 is 10.1 Å². The first-order chi connectivity index (χ1) is 11.6. The summed E-state index contributed by atoms with van der Waals surface area (Å²) in [4.78, 5) is 23.4. The molecule has 2 aromatic carbocycles. The van der Waals surface area contributed by atoms with E-state index in [1.807, 2.05) is 30.3 Å². The van der Waals surface area contributed by atoms with Crippen LogP contribution in [0.3, 0.4) is 0 Å². The predicted molar refractivity (Wildman–Crippen MR) is 94.7 cm³/mol. The number of nitrogens with zero attached hydrogens (tertiary/aromatic N) is 1. The number of carbonyl (C=O) groups excluding carboxylic acids is 1. The molecule has 0 saturated carbocycles. The number of anilines is 1. The van der Waals surface area contributed by atoms with Gasteiger partial charge in [0.15, 0.2) is 0 Å². The molecule has 126 valence electrons. The number of ether oxygens (including phenoxy) is 1. The van der Waals surface area contributed by atoms with E-state index in [9.17, 15) is 14.9 Å². The van der Waals surface area contributed by atoms with Crippen LogP contribution in [0.5, 0.6) is 5.75 Å². The number of benzene rings is 2. The summed E-state index contributed by atoms with van der Waals surface area (Å²) in [5.41, 5.74) is 0.355. The van der Waals surface area contributed by atoms with Crippen LogP contribution in [0.4, 0.5) is 11.4 Å². The topological polar surface area (TPSA) is 81.5 Å². The van der Waals surface area contributed by atoms with E-state index in [0.29, 0.717) is 12.1 Å². The fourth-order valence-electron chi connectivity index (χ4n) is 2.05. The molecule has 2 aromatic rings. The van der Waals surface area contributed by atoms with Crippen molar-refractivity contribution in [2.45, 2.75) is 17.7 Å². The molecule has 1 N–H and O–H groups in total. The molecule has 0 unspecified atom stereocenters. The first-order valence-electron chi connectivity index (χ1n) is 7.40. The van der Waals surface area contributed by atoms with Crippen LogP contribution in [-0.4, -0.2) is 23.7 Å². The predicted octanol–water partition coefficient (Wildman–Crippen LogP) is 4.11. The van der Waals surface area contributed by atoms with E-state index in [-0.39, 0.29) is 17.3 Å². The molecule has 0 bridgehead atoms. The van der Waals surface area contributed by atoms with Gasteiger partial charge in [0, 0.05) is 17.4 Å². The number of methoxy groups -OCH3 is 1. The molecule has 0 atom stereocenters. The van der Waals surface area contributed by atoms with Crippen molar-refractivity contribution >= 4 is 29.0 Å². The maximum Gasteiger partial charge on any atom is 0.273 e. The van der Waals surface area contributed by atoms with E-state index < -0.39 is 4.92 Å². The number of nitrogens with one attached hydrogen (secondary N) is 1. The summed E-state index contributed by atoms with van der Waals surface area (Å²) in [6.45, 7) is 0. The molecular formula is C17H18N2O4S. The Morgan fingerprint density at radius 3 is 2.67 bits per heavy atom. The summed E-state index contributed by atoms with van der Waals surface area (Å²) in [7, 11) is 1.41. The average Bonchev–Trinajstić information content (AvgIpc) is 2.59. The highest BCUT2D eigenvalue weighted by molar-refractivity contribution is 7.99. The zero-order valence-corrected chi connectivity index (χ0v) is 14.0. The van der Waals surface area contributed by atoms with E-state index in [0.717, 1.165) is 12.2 Å². The molecule has 0 aliphatic rings. The van der Waals surface area contributed by atoms with Crippen molar-refractivity contribution < 1.29 is 14.5 Å². The van der Waals surface area contributed by atoms with Crippen LogP contribution in [0, 0.1) is 10.1 Å². The van der Waals surface area contributed by atoms with E-state index in [1.54, 1.807) is 11.8 Å². The van der Waals surface area contributed by atoms with E-state index in [4.69, 9.17) is 4.74 Å². The summed E-state index contributed by atoms with van der Waals surface area (Å²) in [5.74, 6) is 0.974. The third-order valence-electron chi connectivity index (χ3n) is 3.23. The largest absolute Gasteiger partial charge is 0.494 e. The van der Waals surface area contributed by atoms with Crippen molar-refractivity contribution in [2.75, 3.05) is 18.2 Å². The van der Waals surface area contributed by atoms with Crippen LogP contribution in [0.25, 0.3) is 0 Å². The number of rotatable bonds is 8. The molecule has 0 heterocycles. The number of nitro groups is 1. The number of carbonyl (C=O) groups is 1. The second-order valence-corrected chi connectivity index (χ2v) is 6.12. The maximum absolute atomic E-state index is 12.0. The van der Waals surface area contributed by atoms with E-state index >= 15 is 0 Å². The van der Waals surface area contributed by atoms with Crippen molar-refractivity contribution in [2.24, 2.45) is 0 Å². The van der Waals surface area contributed by atoms with Gasteiger partial charge in [-0.15, -0.1) is 11.8 Å². The van der Waals surface area contributed by atoms with Crippen molar-refractivity contribution in [3.05, 3.63) is 58.6 Å². The lowest BCUT2D eigenvalue weighted by Gasteiger charge is -2.10. The molecule has 0 aliphatic heterocycles. The van der Waals surface area contributed by atoms with Gasteiger partial charge in [-0.05, 0) is 30.4 Å². The van der Waals surface area contributed by atoms with Crippen molar-refractivity contribution in [1.82, 2.24) is 0 Å². The zero-order valence-electron chi connectivity index (χ0n) is 13.2. The average molecular weight is 346 g/mol. The molecule has 7 heteroatoms. The van der Waals surface area contributed by atoms with Gasteiger partial charge in [-0.25, -0.2) is 0 Å². The minimum absolute atomic E-state index is 0.0795. The molecule has 2 rings (SSSR count). The van der Waals surface area contributed by atoms with Crippen molar-refractivity contribution in [3.63, 3.8) is 0 Å². The lowest BCUT2D eigenvalue weighted by molar-refractivity contribution is -0.384. The number of non-ortho nitro benzene ring substituents is 1. The minimum Gasteiger partial charge on any atom is -0.494 e. The van der Waals surface area contributed by atoms with Gasteiger partial charge in [0.05, 0.1) is 23.8 Å². The van der Waals surface area contributed by atoms with Crippen LogP contribution in [-0.2, 0) is 4.79 Å². The number of nitro benzene ring substituents is 1. The molecule has 6 nitrogen and oxygen atoms in total. The Labute approximate surface area is 144 Å². The zero-order chi connectivity index (χ0) is 17.4.